The lowest BCUT2D eigenvalue weighted by atomic mass is 10.0. The molecule has 1 saturated heterocycles. The lowest BCUT2D eigenvalue weighted by Crippen LogP contribution is -2.35. The highest BCUT2D eigenvalue weighted by Gasteiger charge is 2.41. The molecule has 2 rings (SSSR count). The molecule has 4 N–H and O–H groups in total. The van der Waals surface area contributed by atoms with Gasteiger partial charge in [-0.3, -0.25) is 10.1 Å². The summed E-state index contributed by atoms with van der Waals surface area (Å²) in [6.45, 7) is -0.316. The third-order valence-electron chi connectivity index (χ3n) is 3.13. The second-order valence-electron chi connectivity index (χ2n) is 4.27. The maximum atomic E-state index is 10.7. The molecule has 7 nitrogen and oxygen atoms in total. The van der Waals surface area contributed by atoms with E-state index in [2.05, 4.69) is 5.32 Å². The Morgan fingerprint density at radius 1 is 1.33 bits per heavy atom. The first-order valence-corrected chi connectivity index (χ1v) is 5.52. The molecule has 18 heavy (non-hydrogen) atoms. The van der Waals surface area contributed by atoms with Crippen molar-refractivity contribution in [1.82, 2.24) is 5.32 Å². The molecule has 1 aromatic rings. The minimum Gasteiger partial charge on any atom is -0.395 e. The predicted octanol–water partition coefficient (Wildman–Crippen LogP) is -0.678. The van der Waals surface area contributed by atoms with Gasteiger partial charge in [0.2, 0.25) is 0 Å². The van der Waals surface area contributed by atoms with E-state index in [0.717, 1.165) is 0 Å². The molecular formula is C11H14N2O5. The molecule has 1 aliphatic rings. The Morgan fingerprint density at radius 3 is 2.61 bits per heavy atom. The van der Waals surface area contributed by atoms with E-state index in [1.165, 1.54) is 18.2 Å². The lowest BCUT2D eigenvalue weighted by Gasteiger charge is -2.15. The van der Waals surface area contributed by atoms with Crippen molar-refractivity contribution >= 4 is 5.69 Å². The number of aliphatic hydroxyl groups excluding tert-OH is 3. The van der Waals surface area contributed by atoms with Gasteiger partial charge in [0.25, 0.3) is 5.69 Å². The van der Waals surface area contributed by atoms with Crippen LogP contribution in [0.5, 0.6) is 0 Å². The molecule has 0 radical (unpaired) electrons. The standard InChI is InChI=1S/C11H14N2O5/c14-5-8-10(15)11(16)9(12-8)6-2-1-3-7(4-6)13(17)18/h1-4,8-12,14-16H,5H2/t8-,9+,10-,11+/m1/s1. The normalized spacial score (nSPS) is 31.5. The molecule has 0 unspecified atom stereocenters. The van der Waals surface area contributed by atoms with E-state index in [9.17, 15) is 20.3 Å². The van der Waals surface area contributed by atoms with Crippen molar-refractivity contribution in [1.29, 1.82) is 0 Å². The van der Waals surface area contributed by atoms with Gasteiger partial charge in [-0.15, -0.1) is 0 Å². The largest absolute Gasteiger partial charge is 0.395 e. The maximum absolute atomic E-state index is 10.7. The zero-order valence-electron chi connectivity index (χ0n) is 9.43. The van der Waals surface area contributed by atoms with Crippen LogP contribution >= 0.6 is 0 Å². The number of nitro groups is 1. The monoisotopic (exact) mass is 254 g/mol. The van der Waals surface area contributed by atoms with E-state index < -0.39 is 29.2 Å². The summed E-state index contributed by atoms with van der Waals surface area (Å²) >= 11 is 0. The van der Waals surface area contributed by atoms with E-state index >= 15 is 0 Å². The van der Waals surface area contributed by atoms with Gasteiger partial charge in [0.1, 0.15) is 6.10 Å². The molecule has 98 valence electrons. The first kappa shape index (κ1) is 12.9. The fourth-order valence-corrected chi connectivity index (χ4v) is 2.15. The van der Waals surface area contributed by atoms with Crippen molar-refractivity contribution in [2.24, 2.45) is 0 Å². The van der Waals surface area contributed by atoms with Crippen LogP contribution in [0.15, 0.2) is 24.3 Å². The van der Waals surface area contributed by atoms with Crippen molar-refractivity contribution in [2.75, 3.05) is 6.61 Å². The summed E-state index contributed by atoms with van der Waals surface area (Å²) in [5.74, 6) is 0. The van der Waals surface area contributed by atoms with E-state index in [0.29, 0.717) is 5.56 Å². The third kappa shape index (κ3) is 2.21. The van der Waals surface area contributed by atoms with Gasteiger partial charge in [-0.25, -0.2) is 0 Å². The van der Waals surface area contributed by atoms with Gasteiger partial charge in [-0.1, -0.05) is 12.1 Å². The fourth-order valence-electron chi connectivity index (χ4n) is 2.15. The van der Waals surface area contributed by atoms with E-state index in [-0.39, 0.29) is 12.3 Å². The second kappa shape index (κ2) is 4.99. The molecule has 1 fully saturated rings. The molecule has 0 saturated carbocycles. The Labute approximate surface area is 103 Å². The van der Waals surface area contributed by atoms with E-state index in [1.54, 1.807) is 6.07 Å². The van der Waals surface area contributed by atoms with Gasteiger partial charge in [0.05, 0.1) is 29.7 Å². The zero-order chi connectivity index (χ0) is 13.3. The maximum Gasteiger partial charge on any atom is 0.269 e. The number of rotatable bonds is 3. The van der Waals surface area contributed by atoms with Crippen LogP contribution < -0.4 is 5.32 Å². The quantitative estimate of drug-likeness (QED) is 0.419. The van der Waals surface area contributed by atoms with Gasteiger partial charge in [-0.05, 0) is 5.56 Å². The highest BCUT2D eigenvalue weighted by molar-refractivity contribution is 5.37. The average Bonchev–Trinajstić information content (AvgIpc) is 2.66. The molecule has 7 heteroatoms. The van der Waals surface area contributed by atoms with Crippen molar-refractivity contribution in [2.45, 2.75) is 24.3 Å². The summed E-state index contributed by atoms with van der Waals surface area (Å²) in [4.78, 5) is 10.1. The smallest absolute Gasteiger partial charge is 0.269 e. The SMILES string of the molecule is O=[N+]([O-])c1cccc([C@@H]2N[C@H](CO)[C@@H](O)[C@H]2O)c1. The number of non-ortho nitro benzene ring substituents is 1. The first-order valence-electron chi connectivity index (χ1n) is 5.52. The number of hydrogen-bond acceptors (Lipinski definition) is 6. The van der Waals surface area contributed by atoms with Crippen molar-refractivity contribution in [3.63, 3.8) is 0 Å². The minimum atomic E-state index is -1.11. The van der Waals surface area contributed by atoms with Crippen LogP contribution in [-0.2, 0) is 0 Å². The van der Waals surface area contributed by atoms with E-state index in [4.69, 9.17) is 5.11 Å². The molecule has 0 aromatic heterocycles. The van der Waals surface area contributed by atoms with Crippen LogP contribution in [0, 0.1) is 10.1 Å². The third-order valence-corrected chi connectivity index (χ3v) is 3.13. The molecular weight excluding hydrogens is 240 g/mol. The van der Waals surface area contributed by atoms with Gasteiger partial charge in [0.15, 0.2) is 0 Å². The van der Waals surface area contributed by atoms with Gasteiger partial charge in [-0.2, -0.15) is 0 Å². The zero-order valence-corrected chi connectivity index (χ0v) is 9.43. The van der Waals surface area contributed by atoms with Crippen LogP contribution in [-0.4, -0.2) is 45.1 Å². The molecule has 0 spiro atoms. The van der Waals surface area contributed by atoms with Crippen LogP contribution in [0.4, 0.5) is 5.69 Å². The molecule has 0 bridgehead atoms. The van der Waals surface area contributed by atoms with Crippen molar-refractivity contribution in [3.8, 4) is 0 Å². The summed E-state index contributed by atoms with van der Waals surface area (Å²) in [6, 6.07) is 4.57. The van der Waals surface area contributed by atoms with Gasteiger partial charge >= 0.3 is 0 Å². The topological polar surface area (TPSA) is 116 Å². The highest BCUT2D eigenvalue weighted by atomic mass is 16.6. The van der Waals surface area contributed by atoms with Crippen molar-refractivity contribution < 1.29 is 20.2 Å². The molecule has 1 heterocycles. The summed E-state index contributed by atoms with van der Waals surface area (Å²) < 4.78 is 0. The van der Waals surface area contributed by atoms with Crippen molar-refractivity contribution in [3.05, 3.63) is 39.9 Å². The number of aliphatic hydroxyl groups is 3. The lowest BCUT2D eigenvalue weighted by molar-refractivity contribution is -0.384. The number of hydrogen-bond donors (Lipinski definition) is 4. The number of nitro benzene ring substituents is 1. The minimum absolute atomic E-state index is 0.0801. The first-order chi connectivity index (χ1) is 8.54. The average molecular weight is 254 g/mol. The van der Waals surface area contributed by atoms with E-state index in [1.807, 2.05) is 0 Å². The Hall–Kier alpha value is -1.54. The van der Waals surface area contributed by atoms with Gasteiger partial charge < -0.3 is 20.6 Å². The summed E-state index contributed by atoms with van der Waals surface area (Å²) in [7, 11) is 0. The molecule has 1 aromatic carbocycles. The molecule has 1 aliphatic heterocycles. The second-order valence-corrected chi connectivity index (χ2v) is 4.27. The highest BCUT2D eigenvalue weighted by Crippen LogP contribution is 2.29. The van der Waals surface area contributed by atoms with Crippen LogP contribution in [0.1, 0.15) is 11.6 Å². The Bertz CT molecular complexity index is 453. The summed E-state index contributed by atoms with van der Waals surface area (Å²) in [5.41, 5.74) is 0.426. The van der Waals surface area contributed by atoms with Gasteiger partial charge in [0, 0.05) is 12.1 Å². The Kier molecular flexibility index (Phi) is 3.58. The van der Waals surface area contributed by atoms with Crippen LogP contribution in [0.25, 0.3) is 0 Å². The Balaban J connectivity index is 2.27. The molecule has 4 atom stereocenters. The number of nitrogens with zero attached hydrogens (tertiary/aromatic N) is 1. The predicted molar refractivity (Wildman–Crippen MR) is 61.9 cm³/mol. The number of nitrogens with one attached hydrogen (secondary N) is 1. The molecule has 0 aliphatic carbocycles. The summed E-state index contributed by atoms with van der Waals surface area (Å²) in [6.07, 6.45) is -2.21. The Morgan fingerprint density at radius 2 is 2.06 bits per heavy atom. The fraction of sp³-hybridized carbons (Fsp3) is 0.455. The van der Waals surface area contributed by atoms with Crippen LogP contribution in [0.2, 0.25) is 0 Å². The molecule has 0 amide bonds. The summed E-state index contributed by atoms with van der Waals surface area (Å²) in [5, 5.41) is 42.0. The van der Waals surface area contributed by atoms with Crippen LogP contribution in [0.3, 0.4) is 0 Å². The number of benzene rings is 1.